The van der Waals surface area contributed by atoms with E-state index in [0.717, 1.165) is 35.6 Å². The van der Waals surface area contributed by atoms with E-state index >= 15 is 0 Å². The fourth-order valence-corrected chi connectivity index (χ4v) is 2.93. The first-order valence-electron chi connectivity index (χ1n) is 8.17. The molecule has 0 saturated carbocycles. The Morgan fingerprint density at radius 1 is 1.00 bits per heavy atom. The van der Waals surface area contributed by atoms with Crippen molar-refractivity contribution in [3.8, 4) is 23.0 Å². The summed E-state index contributed by atoms with van der Waals surface area (Å²) in [4.78, 5) is 15.5. The molecule has 3 aromatic heterocycles. The van der Waals surface area contributed by atoms with Crippen LogP contribution in [0.5, 0.6) is 0 Å². The fraction of sp³-hybridized carbons (Fsp3) is 0.333. The molecule has 3 heterocycles. The SMILES string of the molecule is CN(C)c1ccc(-c2noc(-c3ccc4c(n3)CCCC4)n2)cn1. The maximum atomic E-state index is 5.41. The predicted octanol–water partition coefficient (Wildman–Crippen LogP) is 3.14. The minimum Gasteiger partial charge on any atom is -0.363 e. The molecule has 0 bridgehead atoms. The third kappa shape index (κ3) is 2.75. The number of rotatable bonds is 3. The van der Waals surface area contributed by atoms with Gasteiger partial charge in [0.15, 0.2) is 0 Å². The summed E-state index contributed by atoms with van der Waals surface area (Å²) < 4.78 is 5.41. The van der Waals surface area contributed by atoms with E-state index in [4.69, 9.17) is 9.51 Å². The molecule has 0 atom stereocenters. The van der Waals surface area contributed by atoms with Crippen LogP contribution in [0.3, 0.4) is 0 Å². The van der Waals surface area contributed by atoms with Crippen LogP contribution in [0.25, 0.3) is 23.0 Å². The van der Waals surface area contributed by atoms with Crippen molar-refractivity contribution in [1.82, 2.24) is 20.1 Å². The summed E-state index contributed by atoms with van der Waals surface area (Å²) >= 11 is 0. The van der Waals surface area contributed by atoms with Crippen LogP contribution in [0.4, 0.5) is 5.82 Å². The Bertz CT molecular complexity index is 854. The lowest BCUT2D eigenvalue weighted by atomic mass is 9.96. The van der Waals surface area contributed by atoms with Crippen molar-refractivity contribution in [2.24, 2.45) is 0 Å². The minimum absolute atomic E-state index is 0.454. The van der Waals surface area contributed by atoms with E-state index in [-0.39, 0.29) is 0 Å². The third-order valence-corrected chi connectivity index (χ3v) is 4.29. The summed E-state index contributed by atoms with van der Waals surface area (Å²) in [5, 5.41) is 4.07. The molecule has 0 radical (unpaired) electrons. The van der Waals surface area contributed by atoms with Crippen molar-refractivity contribution in [1.29, 1.82) is 0 Å². The Kier molecular flexibility index (Phi) is 3.72. The zero-order chi connectivity index (χ0) is 16.5. The second-order valence-corrected chi connectivity index (χ2v) is 6.23. The maximum absolute atomic E-state index is 5.41. The molecule has 0 N–H and O–H groups in total. The van der Waals surface area contributed by atoms with Gasteiger partial charge in [0.1, 0.15) is 11.5 Å². The van der Waals surface area contributed by atoms with Gasteiger partial charge in [-0.05, 0) is 49.4 Å². The molecule has 1 aliphatic rings. The van der Waals surface area contributed by atoms with Gasteiger partial charge in [-0.3, -0.25) is 0 Å². The maximum Gasteiger partial charge on any atom is 0.276 e. The first-order valence-corrected chi connectivity index (χ1v) is 8.17. The number of aromatic nitrogens is 4. The van der Waals surface area contributed by atoms with Gasteiger partial charge in [-0.15, -0.1) is 0 Å². The van der Waals surface area contributed by atoms with Gasteiger partial charge in [0, 0.05) is 31.5 Å². The molecule has 0 saturated heterocycles. The highest BCUT2D eigenvalue weighted by atomic mass is 16.5. The second-order valence-electron chi connectivity index (χ2n) is 6.23. The third-order valence-electron chi connectivity index (χ3n) is 4.29. The quantitative estimate of drug-likeness (QED) is 0.738. The van der Waals surface area contributed by atoms with Gasteiger partial charge >= 0.3 is 0 Å². The molecule has 0 amide bonds. The van der Waals surface area contributed by atoms with Crippen LogP contribution in [-0.4, -0.2) is 34.2 Å². The molecule has 0 aliphatic heterocycles. The molecule has 3 aromatic rings. The van der Waals surface area contributed by atoms with Gasteiger partial charge in [-0.1, -0.05) is 11.2 Å². The van der Waals surface area contributed by atoms with E-state index in [2.05, 4.69) is 21.2 Å². The zero-order valence-electron chi connectivity index (χ0n) is 13.9. The molecule has 0 fully saturated rings. The Balaban J connectivity index is 1.62. The van der Waals surface area contributed by atoms with Gasteiger partial charge in [0.25, 0.3) is 5.89 Å². The van der Waals surface area contributed by atoms with E-state index in [1.54, 1.807) is 6.20 Å². The standard InChI is InChI=1S/C18H19N5O/c1-23(2)16-10-8-13(11-19-16)17-21-18(24-22-17)15-9-7-12-5-3-4-6-14(12)20-15/h7-11H,3-6H2,1-2H3. The number of fused-ring (bicyclic) bond motifs is 1. The molecule has 0 spiro atoms. The molecule has 4 rings (SSSR count). The predicted molar refractivity (Wildman–Crippen MR) is 91.7 cm³/mol. The molecular weight excluding hydrogens is 302 g/mol. The van der Waals surface area contributed by atoms with Crippen molar-refractivity contribution >= 4 is 5.82 Å². The Hall–Kier alpha value is -2.76. The average Bonchev–Trinajstić information content (AvgIpc) is 3.11. The smallest absolute Gasteiger partial charge is 0.276 e. The lowest BCUT2D eigenvalue weighted by Crippen LogP contribution is -2.10. The Morgan fingerprint density at radius 3 is 2.67 bits per heavy atom. The van der Waals surface area contributed by atoms with Crippen LogP contribution in [0.1, 0.15) is 24.1 Å². The van der Waals surface area contributed by atoms with Gasteiger partial charge in [0.2, 0.25) is 5.82 Å². The second kappa shape index (κ2) is 6.03. The van der Waals surface area contributed by atoms with Crippen LogP contribution in [0.2, 0.25) is 0 Å². The zero-order valence-corrected chi connectivity index (χ0v) is 13.9. The average molecular weight is 321 g/mol. The lowest BCUT2D eigenvalue weighted by Gasteiger charge is -2.14. The number of nitrogens with zero attached hydrogens (tertiary/aromatic N) is 5. The molecule has 24 heavy (non-hydrogen) atoms. The van der Waals surface area contributed by atoms with Crippen LogP contribution in [0, 0.1) is 0 Å². The minimum atomic E-state index is 0.454. The Labute approximate surface area is 140 Å². The molecule has 6 heteroatoms. The van der Waals surface area contributed by atoms with Crippen LogP contribution in [0.15, 0.2) is 35.0 Å². The van der Waals surface area contributed by atoms with Crippen molar-refractivity contribution in [3.63, 3.8) is 0 Å². The van der Waals surface area contributed by atoms with Crippen molar-refractivity contribution in [2.45, 2.75) is 25.7 Å². The summed E-state index contributed by atoms with van der Waals surface area (Å²) in [6.45, 7) is 0. The highest BCUT2D eigenvalue weighted by Crippen LogP contribution is 2.25. The number of pyridine rings is 2. The van der Waals surface area contributed by atoms with E-state index < -0.39 is 0 Å². The van der Waals surface area contributed by atoms with Crippen LogP contribution < -0.4 is 4.90 Å². The highest BCUT2D eigenvalue weighted by molar-refractivity contribution is 5.59. The molecule has 0 unspecified atom stereocenters. The fourth-order valence-electron chi connectivity index (χ4n) is 2.93. The van der Waals surface area contributed by atoms with E-state index in [1.165, 1.54) is 18.4 Å². The molecule has 1 aliphatic carbocycles. The van der Waals surface area contributed by atoms with E-state index in [0.29, 0.717) is 11.7 Å². The van der Waals surface area contributed by atoms with Gasteiger partial charge in [0.05, 0.1) is 0 Å². The lowest BCUT2D eigenvalue weighted by molar-refractivity contribution is 0.430. The van der Waals surface area contributed by atoms with E-state index in [1.807, 2.05) is 37.2 Å². The molecular formula is C18H19N5O. The van der Waals surface area contributed by atoms with Crippen molar-refractivity contribution < 1.29 is 4.52 Å². The molecule has 122 valence electrons. The summed E-state index contributed by atoms with van der Waals surface area (Å²) in [5.41, 5.74) is 4.07. The van der Waals surface area contributed by atoms with E-state index in [9.17, 15) is 0 Å². The number of anilines is 1. The van der Waals surface area contributed by atoms with Gasteiger partial charge in [-0.25, -0.2) is 9.97 Å². The van der Waals surface area contributed by atoms with Gasteiger partial charge in [-0.2, -0.15) is 4.98 Å². The monoisotopic (exact) mass is 321 g/mol. The highest BCUT2D eigenvalue weighted by Gasteiger charge is 2.16. The number of hydrogen-bond acceptors (Lipinski definition) is 6. The van der Waals surface area contributed by atoms with Crippen molar-refractivity contribution in [3.05, 3.63) is 41.7 Å². The summed E-state index contributed by atoms with van der Waals surface area (Å²) in [7, 11) is 3.91. The van der Waals surface area contributed by atoms with Crippen molar-refractivity contribution in [2.75, 3.05) is 19.0 Å². The molecule has 6 nitrogen and oxygen atoms in total. The summed E-state index contributed by atoms with van der Waals surface area (Å²) in [6, 6.07) is 7.97. The first kappa shape index (κ1) is 14.8. The number of hydrogen-bond donors (Lipinski definition) is 0. The number of aryl methyl sites for hydroxylation is 2. The summed E-state index contributed by atoms with van der Waals surface area (Å²) in [5.74, 6) is 1.87. The topological polar surface area (TPSA) is 67.9 Å². The largest absolute Gasteiger partial charge is 0.363 e. The Morgan fingerprint density at radius 2 is 1.88 bits per heavy atom. The van der Waals surface area contributed by atoms with Gasteiger partial charge < -0.3 is 9.42 Å². The van der Waals surface area contributed by atoms with Crippen LogP contribution in [-0.2, 0) is 12.8 Å². The summed E-state index contributed by atoms with van der Waals surface area (Å²) in [6.07, 6.45) is 6.34. The van der Waals surface area contributed by atoms with Crippen LogP contribution >= 0.6 is 0 Å². The first-order chi connectivity index (χ1) is 11.7. The normalized spacial score (nSPS) is 13.6. The molecule has 0 aromatic carbocycles.